The van der Waals surface area contributed by atoms with Crippen molar-refractivity contribution in [2.75, 3.05) is 0 Å². The lowest BCUT2D eigenvalue weighted by Gasteiger charge is -2.46. The minimum absolute atomic E-state index is 0.126. The number of rotatable bonds is 7. The van der Waals surface area contributed by atoms with Crippen LogP contribution in [0, 0.1) is 22.7 Å². The maximum absolute atomic E-state index is 13.0. The number of hydrogen-bond acceptors (Lipinski definition) is 3. The van der Waals surface area contributed by atoms with Gasteiger partial charge in [0.05, 0.1) is 12.2 Å². The highest BCUT2D eigenvalue weighted by molar-refractivity contribution is 5.37. The second-order valence-electron chi connectivity index (χ2n) is 11.1. The van der Waals surface area contributed by atoms with E-state index < -0.39 is 43.0 Å². The van der Waals surface area contributed by atoms with E-state index in [1.54, 1.807) is 0 Å². The highest BCUT2D eigenvalue weighted by atomic mass is 19.4. The molecule has 202 valence electrons. The molecule has 0 aromatic rings. The van der Waals surface area contributed by atoms with Gasteiger partial charge in [0.2, 0.25) is 0 Å². The van der Waals surface area contributed by atoms with Gasteiger partial charge in [0.1, 0.15) is 0 Å². The lowest BCUT2D eigenvalue weighted by atomic mass is 9.59. The van der Waals surface area contributed by atoms with Gasteiger partial charge < -0.3 is 15.3 Å². The van der Waals surface area contributed by atoms with Crippen molar-refractivity contribution in [3.8, 4) is 0 Å². The Labute approximate surface area is 203 Å². The van der Waals surface area contributed by atoms with Crippen LogP contribution in [-0.2, 0) is 0 Å². The molecule has 0 amide bonds. The predicted molar refractivity (Wildman–Crippen MR) is 122 cm³/mol. The van der Waals surface area contributed by atoms with Gasteiger partial charge in [-0.2, -0.15) is 26.3 Å². The van der Waals surface area contributed by atoms with Gasteiger partial charge in [-0.3, -0.25) is 0 Å². The molecule has 0 aliphatic heterocycles. The van der Waals surface area contributed by atoms with E-state index in [1.807, 2.05) is 32.1 Å². The Hall–Kier alpha value is -1.32. The van der Waals surface area contributed by atoms with Gasteiger partial charge >= 0.3 is 12.4 Å². The summed E-state index contributed by atoms with van der Waals surface area (Å²) in [5.74, 6) is -0.0378. The molecule has 3 N–H and O–H groups in total. The molecule has 2 fully saturated rings. The number of alkyl halides is 6. The van der Waals surface area contributed by atoms with Gasteiger partial charge in [0.15, 0.2) is 0 Å². The fourth-order valence-electron chi connectivity index (χ4n) is 5.77. The molecule has 0 aromatic heterocycles. The Bertz CT molecular complexity index is 812. The molecule has 2 aliphatic carbocycles. The standard InChI is InChI=1S/C26H38F6O3/c1-16(8-7-12-24(35,25(27,28)29)26(30,31)32)23(5)13-11-19(22(23,3)4)10-6-9-18-14-20(33)15-21(34)17(18)2/h6,9-10,16,19-21,33-35H,2,7-8,11-15H2,1,3-5H3/b10-6+,18-9-/t16-,19+,20+,21-,23-/m0/s1. The van der Waals surface area contributed by atoms with Gasteiger partial charge in [0, 0.05) is 6.42 Å². The van der Waals surface area contributed by atoms with E-state index in [1.165, 1.54) is 0 Å². The average Bonchev–Trinajstić information content (AvgIpc) is 2.93. The van der Waals surface area contributed by atoms with Gasteiger partial charge in [-0.25, -0.2) is 0 Å². The van der Waals surface area contributed by atoms with Crippen LogP contribution in [0.2, 0.25) is 0 Å². The largest absolute Gasteiger partial charge is 0.426 e. The van der Waals surface area contributed by atoms with Crippen LogP contribution in [0.15, 0.2) is 36.0 Å². The van der Waals surface area contributed by atoms with Crippen LogP contribution in [0.3, 0.4) is 0 Å². The summed E-state index contributed by atoms with van der Waals surface area (Å²) in [6, 6.07) is 0. The summed E-state index contributed by atoms with van der Waals surface area (Å²) in [5.41, 5.74) is -3.95. The van der Waals surface area contributed by atoms with Crippen molar-refractivity contribution in [3.05, 3.63) is 36.0 Å². The molecular weight excluding hydrogens is 474 g/mol. The fourth-order valence-corrected chi connectivity index (χ4v) is 5.77. The van der Waals surface area contributed by atoms with Crippen LogP contribution in [0.5, 0.6) is 0 Å². The average molecular weight is 513 g/mol. The van der Waals surface area contributed by atoms with E-state index in [-0.39, 0.29) is 35.5 Å². The van der Waals surface area contributed by atoms with Crippen molar-refractivity contribution in [2.24, 2.45) is 22.7 Å². The van der Waals surface area contributed by atoms with Crippen molar-refractivity contribution in [3.63, 3.8) is 0 Å². The SMILES string of the molecule is C=C1/C(=C\C=C\[C@@H]2CC[C@@](C)([C@@H](C)CCCC(O)(C(F)(F)F)C(F)(F)F)C2(C)C)C[C@@H](O)C[C@@H]1O. The Balaban J connectivity index is 2.08. The molecule has 3 nitrogen and oxygen atoms in total. The van der Waals surface area contributed by atoms with Crippen molar-refractivity contribution >= 4 is 0 Å². The smallest absolute Gasteiger partial charge is 0.393 e. The first-order valence-electron chi connectivity index (χ1n) is 12.1. The third-order valence-corrected chi connectivity index (χ3v) is 8.98. The fraction of sp³-hybridized carbons (Fsp3) is 0.769. The number of aliphatic hydroxyl groups is 3. The van der Waals surface area contributed by atoms with E-state index in [4.69, 9.17) is 0 Å². The summed E-state index contributed by atoms with van der Waals surface area (Å²) in [5, 5.41) is 29.3. The van der Waals surface area contributed by atoms with Crippen molar-refractivity contribution in [1.29, 1.82) is 0 Å². The van der Waals surface area contributed by atoms with Crippen molar-refractivity contribution in [2.45, 2.75) is 103 Å². The van der Waals surface area contributed by atoms with Gasteiger partial charge in [0.25, 0.3) is 5.60 Å². The maximum Gasteiger partial charge on any atom is 0.426 e. The minimum atomic E-state index is -5.79. The highest BCUT2D eigenvalue weighted by Crippen LogP contribution is 2.61. The molecule has 0 heterocycles. The first-order chi connectivity index (χ1) is 15.8. The molecule has 0 saturated heterocycles. The number of aliphatic hydroxyl groups excluding tert-OH is 2. The highest BCUT2D eigenvalue weighted by Gasteiger charge is 2.69. The molecule has 9 heteroatoms. The lowest BCUT2D eigenvalue weighted by molar-refractivity contribution is -0.370. The molecule has 0 aromatic carbocycles. The molecule has 0 bridgehead atoms. The maximum atomic E-state index is 13.0. The zero-order chi connectivity index (χ0) is 27.0. The minimum Gasteiger partial charge on any atom is -0.393 e. The summed E-state index contributed by atoms with van der Waals surface area (Å²) in [6.07, 6.45) is -6.68. The number of hydrogen-bond donors (Lipinski definition) is 3. The Morgan fingerprint density at radius 1 is 1.09 bits per heavy atom. The van der Waals surface area contributed by atoms with E-state index in [0.717, 1.165) is 18.4 Å². The molecular formula is C26H38F6O3. The zero-order valence-electron chi connectivity index (χ0n) is 20.8. The molecule has 2 aliphatic rings. The molecule has 5 atom stereocenters. The first-order valence-corrected chi connectivity index (χ1v) is 12.1. The molecule has 35 heavy (non-hydrogen) atoms. The topological polar surface area (TPSA) is 60.7 Å². The van der Waals surface area contributed by atoms with Gasteiger partial charge in [-0.1, -0.05) is 58.9 Å². The van der Waals surface area contributed by atoms with Crippen molar-refractivity contribution < 1.29 is 41.7 Å². The Kier molecular flexibility index (Phi) is 8.72. The third kappa shape index (κ3) is 5.82. The van der Waals surface area contributed by atoms with Crippen LogP contribution in [0.25, 0.3) is 0 Å². The van der Waals surface area contributed by atoms with Crippen LogP contribution >= 0.6 is 0 Å². The van der Waals surface area contributed by atoms with Crippen LogP contribution in [0.1, 0.15) is 72.6 Å². The Morgan fingerprint density at radius 3 is 2.20 bits per heavy atom. The summed E-state index contributed by atoms with van der Waals surface area (Å²) in [6.45, 7) is 11.9. The molecule has 0 radical (unpaired) electrons. The van der Waals surface area contributed by atoms with Crippen LogP contribution in [-0.4, -0.2) is 45.5 Å². The molecule has 2 saturated carbocycles. The Morgan fingerprint density at radius 2 is 1.66 bits per heavy atom. The van der Waals surface area contributed by atoms with Gasteiger partial charge in [-0.15, -0.1) is 0 Å². The van der Waals surface area contributed by atoms with Crippen molar-refractivity contribution in [1.82, 2.24) is 0 Å². The summed E-state index contributed by atoms with van der Waals surface area (Å²) in [7, 11) is 0. The second-order valence-corrected chi connectivity index (χ2v) is 11.1. The van der Waals surface area contributed by atoms with Crippen LogP contribution < -0.4 is 0 Å². The second kappa shape index (κ2) is 10.2. The zero-order valence-corrected chi connectivity index (χ0v) is 20.8. The first kappa shape index (κ1) is 29.9. The molecule has 0 spiro atoms. The third-order valence-electron chi connectivity index (χ3n) is 8.98. The summed E-state index contributed by atoms with van der Waals surface area (Å²) in [4.78, 5) is 0. The predicted octanol–water partition coefficient (Wildman–Crippen LogP) is 6.65. The number of allylic oxidation sites excluding steroid dienone is 3. The lowest BCUT2D eigenvalue weighted by Crippen LogP contribution is -2.56. The molecule has 0 unspecified atom stereocenters. The summed E-state index contributed by atoms with van der Waals surface area (Å²) < 4.78 is 77.9. The number of halogens is 6. The molecule has 2 rings (SSSR count). The van der Waals surface area contributed by atoms with E-state index in [0.29, 0.717) is 12.0 Å². The van der Waals surface area contributed by atoms with E-state index >= 15 is 0 Å². The summed E-state index contributed by atoms with van der Waals surface area (Å²) >= 11 is 0. The quantitative estimate of drug-likeness (QED) is 0.335. The van der Waals surface area contributed by atoms with Gasteiger partial charge in [-0.05, 0) is 65.9 Å². The van der Waals surface area contributed by atoms with Crippen LogP contribution in [0.4, 0.5) is 26.3 Å². The normalized spacial score (nSPS) is 32.5. The van der Waals surface area contributed by atoms with E-state index in [2.05, 4.69) is 20.4 Å². The monoisotopic (exact) mass is 512 g/mol. The van der Waals surface area contributed by atoms with E-state index in [9.17, 15) is 41.7 Å².